The summed E-state index contributed by atoms with van der Waals surface area (Å²) in [5.41, 5.74) is 1.21. The number of aliphatic hydroxyl groups is 1. The van der Waals surface area contributed by atoms with Gasteiger partial charge in [0.2, 0.25) is 0 Å². The monoisotopic (exact) mass is 397 g/mol. The van der Waals surface area contributed by atoms with Crippen molar-refractivity contribution in [1.29, 1.82) is 0 Å². The Morgan fingerprint density at radius 3 is 2.38 bits per heavy atom. The lowest BCUT2D eigenvalue weighted by atomic mass is 9.78. The van der Waals surface area contributed by atoms with Crippen molar-refractivity contribution in [2.24, 2.45) is 11.8 Å². The summed E-state index contributed by atoms with van der Waals surface area (Å²) in [6, 6.07) is 17.9. The summed E-state index contributed by atoms with van der Waals surface area (Å²) in [4.78, 5) is 2.47. The van der Waals surface area contributed by atoms with Gasteiger partial charge in [0.05, 0.1) is 26.4 Å². The van der Waals surface area contributed by atoms with Crippen molar-refractivity contribution in [3.8, 4) is 11.5 Å². The van der Waals surface area contributed by atoms with Gasteiger partial charge in [-0.25, -0.2) is 0 Å². The molecule has 0 spiro atoms. The van der Waals surface area contributed by atoms with Crippen molar-refractivity contribution in [3.63, 3.8) is 0 Å². The molecule has 1 aliphatic heterocycles. The third-order valence-electron chi connectivity index (χ3n) is 6.17. The average molecular weight is 398 g/mol. The maximum absolute atomic E-state index is 10.7. The van der Waals surface area contributed by atoms with E-state index in [1.807, 2.05) is 42.5 Å². The van der Waals surface area contributed by atoms with Gasteiger partial charge < -0.3 is 24.2 Å². The Bertz CT molecular complexity index is 768. The second kappa shape index (κ2) is 9.61. The zero-order valence-corrected chi connectivity index (χ0v) is 17.1. The molecule has 29 heavy (non-hydrogen) atoms. The van der Waals surface area contributed by atoms with Gasteiger partial charge in [-0.3, -0.25) is 0 Å². The Kier molecular flexibility index (Phi) is 6.70. The molecule has 5 nitrogen and oxygen atoms in total. The van der Waals surface area contributed by atoms with Crippen molar-refractivity contribution in [1.82, 2.24) is 4.90 Å². The Morgan fingerprint density at radius 2 is 1.62 bits per heavy atom. The summed E-state index contributed by atoms with van der Waals surface area (Å²) in [7, 11) is 1.64. The predicted octanol–water partition coefficient (Wildman–Crippen LogP) is 3.36. The lowest BCUT2D eigenvalue weighted by Crippen LogP contribution is -2.42. The number of aliphatic hydroxyl groups excluding tert-OH is 1. The van der Waals surface area contributed by atoms with Crippen LogP contribution in [0.4, 0.5) is 0 Å². The largest absolute Gasteiger partial charge is 0.493 e. The van der Waals surface area contributed by atoms with Crippen LogP contribution >= 0.6 is 0 Å². The lowest BCUT2D eigenvalue weighted by molar-refractivity contribution is -0.0240. The molecular weight excluding hydrogens is 366 g/mol. The topological polar surface area (TPSA) is 51.2 Å². The van der Waals surface area contributed by atoms with E-state index in [0.717, 1.165) is 39.1 Å². The van der Waals surface area contributed by atoms with Crippen LogP contribution in [-0.2, 0) is 11.3 Å². The van der Waals surface area contributed by atoms with E-state index in [4.69, 9.17) is 14.2 Å². The first kappa shape index (κ1) is 20.2. The van der Waals surface area contributed by atoms with Gasteiger partial charge in [0.1, 0.15) is 6.10 Å². The molecular formula is C24H31NO4. The van der Waals surface area contributed by atoms with Crippen LogP contribution in [0.3, 0.4) is 0 Å². The average Bonchev–Trinajstić information content (AvgIpc) is 3.14. The molecule has 2 aliphatic rings. The van der Waals surface area contributed by atoms with Crippen molar-refractivity contribution < 1.29 is 19.3 Å². The first-order valence-corrected chi connectivity index (χ1v) is 10.5. The van der Waals surface area contributed by atoms with Gasteiger partial charge in [0.15, 0.2) is 11.5 Å². The molecule has 1 N–H and O–H groups in total. The Hall–Kier alpha value is -2.08. The maximum Gasteiger partial charge on any atom is 0.161 e. The van der Waals surface area contributed by atoms with E-state index in [-0.39, 0.29) is 6.10 Å². The third kappa shape index (κ3) is 5.10. The van der Waals surface area contributed by atoms with Crippen LogP contribution in [0.25, 0.3) is 0 Å². The van der Waals surface area contributed by atoms with Crippen molar-refractivity contribution >= 4 is 0 Å². The maximum atomic E-state index is 10.7. The van der Waals surface area contributed by atoms with Gasteiger partial charge in [-0.15, -0.1) is 0 Å². The van der Waals surface area contributed by atoms with Crippen molar-refractivity contribution in [2.75, 3.05) is 33.4 Å². The van der Waals surface area contributed by atoms with Crippen LogP contribution in [0.5, 0.6) is 11.5 Å². The molecule has 1 heterocycles. The van der Waals surface area contributed by atoms with E-state index < -0.39 is 6.10 Å². The van der Waals surface area contributed by atoms with E-state index in [0.29, 0.717) is 29.9 Å². The summed E-state index contributed by atoms with van der Waals surface area (Å²) in [5, 5.41) is 10.7. The number of likely N-dealkylation sites (tertiary alicyclic amines) is 1. The standard InChI is InChI=1S/C24H31NO4/c1-27-22-9-5-6-10-23(22)29-24-14-20-16-25(15-19(20)13-21(24)26)11-12-28-17-18-7-3-2-4-8-18/h2-10,19-21,24,26H,11-17H2,1H3/t19-,20+,21+,24+/m0/s1. The highest BCUT2D eigenvalue weighted by Crippen LogP contribution is 2.39. The first-order chi connectivity index (χ1) is 14.2. The van der Waals surface area contributed by atoms with Crippen LogP contribution in [0.15, 0.2) is 54.6 Å². The number of ether oxygens (including phenoxy) is 3. The Balaban J connectivity index is 1.25. The summed E-state index contributed by atoms with van der Waals surface area (Å²) in [6.45, 7) is 4.43. The van der Waals surface area contributed by atoms with E-state index in [2.05, 4.69) is 17.0 Å². The van der Waals surface area contributed by atoms with Crippen LogP contribution in [0, 0.1) is 11.8 Å². The van der Waals surface area contributed by atoms with Gasteiger partial charge in [-0.05, 0) is 42.4 Å². The first-order valence-electron chi connectivity index (χ1n) is 10.5. The quantitative estimate of drug-likeness (QED) is 0.692. The second-order valence-electron chi connectivity index (χ2n) is 8.16. The van der Waals surface area contributed by atoms with Crippen molar-refractivity contribution in [3.05, 3.63) is 60.2 Å². The fourth-order valence-corrected chi connectivity index (χ4v) is 4.63. The molecule has 4 rings (SSSR count). The van der Waals surface area contributed by atoms with Gasteiger partial charge in [-0.1, -0.05) is 42.5 Å². The molecule has 0 radical (unpaired) electrons. The molecule has 2 aromatic rings. The molecule has 4 atom stereocenters. The highest BCUT2D eigenvalue weighted by Gasteiger charge is 2.42. The normalized spacial score (nSPS) is 26.8. The molecule has 1 saturated heterocycles. The third-order valence-corrected chi connectivity index (χ3v) is 6.17. The number of benzene rings is 2. The number of hydrogen-bond acceptors (Lipinski definition) is 5. The second-order valence-corrected chi connectivity index (χ2v) is 8.16. The fraction of sp³-hybridized carbons (Fsp3) is 0.500. The van der Waals surface area contributed by atoms with E-state index in [9.17, 15) is 5.11 Å². The van der Waals surface area contributed by atoms with Crippen molar-refractivity contribution in [2.45, 2.75) is 31.7 Å². The van der Waals surface area contributed by atoms with Gasteiger partial charge in [0, 0.05) is 19.6 Å². The minimum atomic E-state index is -0.435. The summed E-state index contributed by atoms with van der Waals surface area (Å²) < 4.78 is 17.4. The predicted molar refractivity (Wildman–Crippen MR) is 112 cm³/mol. The molecule has 156 valence electrons. The van der Waals surface area contributed by atoms with Crippen LogP contribution < -0.4 is 9.47 Å². The molecule has 0 unspecified atom stereocenters. The Labute approximate surface area is 173 Å². The number of hydrogen-bond donors (Lipinski definition) is 1. The number of fused-ring (bicyclic) bond motifs is 1. The molecule has 1 saturated carbocycles. The summed E-state index contributed by atoms with van der Waals surface area (Å²) >= 11 is 0. The molecule has 0 amide bonds. The van der Waals surface area contributed by atoms with Crippen LogP contribution in [0.1, 0.15) is 18.4 Å². The number of nitrogens with zero attached hydrogens (tertiary/aromatic N) is 1. The van der Waals surface area contributed by atoms with Crippen LogP contribution in [0.2, 0.25) is 0 Å². The number of para-hydroxylation sites is 2. The van der Waals surface area contributed by atoms with Gasteiger partial charge in [0.25, 0.3) is 0 Å². The molecule has 0 aromatic heterocycles. The summed E-state index contributed by atoms with van der Waals surface area (Å²) in [6.07, 6.45) is 1.06. The van der Waals surface area contributed by atoms with E-state index in [1.165, 1.54) is 5.56 Å². The van der Waals surface area contributed by atoms with Gasteiger partial charge >= 0.3 is 0 Å². The highest BCUT2D eigenvalue weighted by molar-refractivity contribution is 5.39. The molecule has 0 bridgehead atoms. The highest BCUT2D eigenvalue weighted by atomic mass is 16.5. The summed E-state index contributed by atoms with van der Waals surface area (Å²) in [5.74, 6) is 2.52. The van der Waals surface area contributed by atoms with E-state index in [1.54, 1.807) is 7.11 Å². The Morgan fingerprint density at radius 1 is 0.931 bits per heavy atom. The number of methoxy groups -OCH3 is 1. The minimum absolute atomic E-state index is 0.179. The number of rotatable bonds is 8. The smallest absolute Gasteiger partial charge is 0.161 e. The van der Waals surface area contributed by atoms with E-state index >= 15 is 0 Å². The SMILES string of the molecule is COc1ccccc1O[C@@H]1C[C@@H]2CN(CCOCc3ccccc3)C[C@@H]2C[C@H]1O. The molecule has 1 aliphatic carbocycles. The zero-order valence-electron chi connectivity index (χ0n) is 17.1. The van der Waals surface area contributed by atoms with Crippen LogP contribution in [-0.4, -0.2) is 55.6 Å². The fourth-order valence-electron chi connectivity index (χ4n) is 4.63. The molecule has 2 fully saturated rings. The molecule has 2 aromatic carbocycles. The lowest BCUT2D eigenvalue weighted by Gasteiger charge is -2.35. The zero-order chi connectivity index (χ0) is 20.1. The molecule has 5 heteroatoms. The minimum Gasteiger partial charge on any atom is -0.493 e. The van der Waals surface area contributed by atoms with Gasteiger partial charge in [-0.2, -0.15) is 0 Å².